The van der Waals surface area contributed by atoms with Gasteiger partial charge in [0.1, 0.15) is 0 Å². The number of carbonyl (C=O) groups excluding carboxylic acids is 2. The van der Waals surface area contributed by atoms with Crippen molar-refractivity contribution >= 4 is 27.7 Å². The third-order valence-electron chi connectivity index (χ3n) is 10.4. The Bertz CT molecular complexity index is 1150. The Morgan fingerprint density at radius 3 is 2.23 bits per heavy atom. The van der Waals surface area contributed by atoms with E-state index in [1.54, 1.807) is 0 Å². The van der Waals surface area contributed by atoms with Crippen molar-refractivity contribution in [2.75, 3.05) is 39.3 Å². The molecule has 2 aromatic rings. The van der Waals surface area contributed by atoms with E-state index in [1.165, 1.54) is 36.8 Å². The second kappa shape index (κ2) is 12.4. The molecule has 0 aromatic heterocycles. The largest absolute Gasteiger partial charge is 0.341 e. The summed E-state index contributed by atoms with van der Waals surface area (Å²) in [5.41, 5.74) is 2.39. The van der Waals surface area contributed by atoms with Crippen molar-refractivity contribution in [3.8, 4) is 0 Å². The molecule has 3 saturated heterocycles. The predicted molar refractivity (Wildman–Crippen MR) is 163 cm³/mol. The topological polar surface area (TPSA) is 43.9 Å². The van der Waals surface area contributed by atoms with Crippen molar-refractivity contribution in [2.45, 2.75) is 70.3 Å². The molecule has 3 heterocycles. The fourth-order valence-electron chi connectivity index (χ4n) is 7.91. The van der Waals surface area contributed by atoms with E-state index in [1.807, 2.05) is 0 Å². The number of hydrogen-bond donors (Lipinski definition) is 0. The van der Waals surface area contributed by atoms with Crippen LogP contribution < -0.4 is 0 Å². The molecule has 2 atom stereocenters. The molecule has 4 aliphatic rings. The highest BCUT2D eigenvalue weighted by Crippen LogP contribution is 2.43. The van der Waals surface area contributed by atoms with Gasteiger partial charge in [-0.05, 0) is 74.4 Å². The molecular weight excluding hydrogens is 562 g/mol. The van der Waals surface area contributed by atoms with Gasteiger partial charge in [0.05, 0.1) is 5.41 Å². The molecule has 6 heteroatoms. The summed E-state index contributed by atoms with van der Waals surface area (Å²) in [6.45, 7) is 6.27. The third kappa shape index (κ3) is 6.04. The summed E-state index contributed by atoms with van der Waals surface area (Å²) < 4.78 is 1.07. The normalized spacial score (nSPS) is 26.0. The van der Waals surface area contributed by atoms with Crippen LogP contribution in [-0.4, -0.2) is 65.8 Å². The van der Waals surface area contributed by atoms with Crippen molar-refractivity contribution in [3.05, 3.63) is 70.2 Å². The Morgan fingerprint density at radius 2 is 1.52 bits per heavy atom. The van der Waals surface area contributed by atoms with Gasteiger partial charge in [-0.2, -0.15) is 0 Å². The average molecular weight is 607 g/mol. The van der Waals surface area contributed by atoms with Gasteiger partial charge in [0, 0.05) is 49.0 Å². The van der Waals surface area contributed by atoms with Gasteiger partial charge >= 0.3 is 0 Å². The zero-order valence-corrected chi connectivity index (χ0v) is 25.4. The van der Waals surface area contributed by atoms with Crippen LogP contribution >= 0.6 is 15.9 Å². The maximum absolute atomic E-state index is 13.6. The van der Waals surface area contributed by atoms with Crippen molar-refractivity contribution in [1.82, 2.24) is 14.7 Å². The first-order chi connectivity index (χ1) is 19.5. The third-order valence-corrected chi connectivity index (χ3v) is 10.9. The minimum absolute atomic E-state index is 0.179. The maximum Gasteiger partial charge on any atom is 0.229 e. The van der Waals surface area contributed by atoms with Gasteiger partial charge < -0.3 is 14.7 Å². The summed E-state index contributed by atoms with van der Waals surface area (Å²) in [5, 5.41) is 0. The minimum Gasteiger partial charge on any atom is -0.341 e. The minimum atomic E-state index is -0.179. The number of carbonyl (C=O) groups is 2. The van der Waals surface area contributed by atoms with Crippen LogP contribution in [-0.2, 0) is 16.1 Å². The molecule has 1 spiro atoms. The van der Waals surface area contributed by atoms with Crippen molar-refractivity contribution < 1.29 is 9.59 Å². The average Bonchev–Trinajstić information content (AvgIpc) is 3.39. The zero-order valence-electron chi connectivity index (χ0n) is 23.8. The lowest BCUT2D eigenvalue weighted by atomic mass is 9.76. The van der Waals surface area contributed by atoms with Crippen LogP contribution in [0.5, 0.6) is 0 Å². The number of rotatable bonds is 6. The first kappa shape index (κ1) is 28.0. The summed E-state index contributed by atoms with van der Waals surface area (Å²) >= 11 is 3.51. The van der Waals surface area contributed by atoms with E-state index in [0.717, 1.165) is 75.8 Å². The number of hydrogen-bond acceptors (Lipinski definition) is 3. The molecule has 0 unspecified atom stereocenters. The van der Waals surface area contributed by atoms with Gasteiger partial charge in [0.15, 0.2) is 0 Å². The van der Waals surface area contributed by atoms with Crippen molar-refractivity contribution in [3.63, 3.8) is 0 Å². The molecule has 2 amide bonds. The number of benzene rings is 2. The molecule has 2 aromatic carbocycles. The number of nitrogens with zero attached hydrogens (tertiary/aromatic N) is 3. The molecule has 0 N–H and O–H groups in total. The van der Waals surface area contributed by atoms with Crippen LogP contribution in [0.1, 0.15) is 74.8 Å². The van der Waals surface area contributed by atoms with Crippen LogP contribution in [0.2, 0.25) is 0 Å². The fraction of sp³-hybridized carbons (Fsp3) is 0.588. The SMILES string of the molecule is O=C(C1CCCCCC1)N1C[C@H](CN2CCC3(CC2)CCN(Cc2ccc(Br)cc2)C3=O)[C@@H](c2ccccc2)C1. The summed E-state index contributed by atoms with van der Waals surface area (Å²) in [6.07, 6.45) is 9.98. The Morgan fingerprint density at radius 1 is 0.850 bits per heavy atom. The highest BCUT2D eigenvalue weighted by atomic mass is 79.9. The Kier molecular flexibility index (Phi) is 8.64. The van der Waals surface area contributed by atoms with Gasteiger partial charge in [-0.25, -0.2) is 0 Å². The van der Waals surface area contributed by atoms with Crippen LogP contribution in [0.15, 0.2) is 59.1 Å². The van der Waals surface area contributed by atoms with E-state index in [9.17, 15) is 9.59 Å². The van der Waals surface area contributed by atoms with Gasteiger partial charge in [0.2, 0.25) is 11.8 Å². The molecular formula is C34H44BrN3O2. The molecule has 6 rings (SSSR count). The highest BCUT2D eigenvalue weighted by Gasteiger charge is 2.48. The second-order valence-electron chi connectivity index (χ2n) is 12.9. The monoisotopic (exact) mass is 605 g/mol. The van der Waals surface area contributed by atoms with Gasteiger partial charge in [-0.1, -0.05) is 84.1 Å². The van der Waals surface area contributed by atoms with Crippen LogP contribution in [0.25, 0.3) is 0 Å². The van der Waals surface area contributed by atoms with Crippen molar-refractivity contribution in [2.24, 2.45) is 17.3 Å². The lowest BCUT2D eigenvalue weighted by Crippen LogP contribution is -2.46. The molecule has 1 saturated carbocycles. The number of amides is 2. The number of halogens is 1. The molecule has 4 fully saturated rings. The smallest absolute Gasteiger partial charge is 0.229 e. The highest BCUT2D eigenvalue weighted by molar-refractivity contribution is 9.10. The van der Waals surface area contributed by atoms with Crippen LogP contribution in [0, 0.1) is 17.3 Å². The Hall–Kier alpha value is -2.18. The van der Waals surface area contributed by atoms with E-state index in [-0.39, 0.29) is 11.3 Å². The van der Waals surface area contributed by atoms with Crippen LogP contribution in [0.4, 0.5) is 0 Å². The summed E-state index contributed by atoms with van der Waals surface area (Å²) in [4.78, 5) is 34.1. The summed E-state index contributed by atoms with van der Waals surface area (Å²) in [6, 6.07) is 19.2. The molecule has 5 nitrogen and oxygen atoms in total. The Labute approximate surface area is 248 Å². The van der Waals surface area contributed by atoms with Crippen molar-refractivity contribution in [1.29, 1.82) is 0 Å². The number of likely N-dealkylation sites (tertiary alicyclic amines) is 3. The second-order valence-corrected chi connectivity index (χ2v) is 13.8. The summed E-state index contributed by atoms with van der Waals surface area (Å²) in [5.74, 6) is 1.82. The van der Waals surface area contributed by atoms with E-state index in [4.69, 9.17) is 0 Å². The fourth-order valence-corrected chi connectivity index (χ4v) is 8.18. The van der Waals surface area contributed by atoms with Gasteiger partial charge in [-0.3, -0.25) is 9.59 Å². The molecule has 40 heavy (non-hydrogen) atoms. The quantitative estimate of drug-likeness (QED) is 0.354. The molecule has 0 radical (unpaired) electrons. The first-order valence-corrected chi connectivity index (χ1v) is 16.4. The zero-order chi connectivity index (χ0) is 27.5. The van der Waals surface area contributed by atoms with Gasteiger partial charge in [-0.15, -0.1) is 0 Å². The molecule has 0 bridgehead atoms. The molecule has 3 aliphatic heterocycles. The molecule has 1 aliphatic carbocycles. The van der Waals surface area contributed by atoms with E-state index in [0.29, 0.717) is 30.2 Å². The standard InChI is InChI=1S/C34H44BrN3O2/c35-30-14-12-26(13-15-30)22-37-21-18-34(33(37)40)16-19-36(20-17-34)23-29-24-38(25-31(29)27-8-6-3-7-9-27)32(39)28-10-4-1-2-5-11-28/h3,6-9,12-15,28-29,31H,1-2,4-5,10-11,16-25H2/t29-,31+/m0/s1. The summed E-state index contributed by atoms with van der Waals surface area (Å²) in [7, 11) is 0. The lowest BCUT2D eigenvalue weighted by molar-refractivity contribution is -0.139. The van der Waals surface area contributed by atoms with E-state index in [2.05, 4.69) is 85.2 Å². The van der Waals surface area contributed by atoms with E-state index < -0.39 is 0 Å². The molecule has 214 valence electrons. The number of piperidine rings is 1. The van der Waals surface area contributed by atoms with E-state index >= 15 is 0 Å². The Balaban J connectivity index is 1.08. The first-order valence-electron chi connectivity index (χ1n) is 15.6. The maximum atomic E-state index is 13.6. The lowest BCUT2D eigenvalue weighted by Gasteiger charge is -2.39. The van der Waals surface area contributed by atoms with Crippen LogP contribution in [0.3, 0.4) is 0 Å². The predicted octanol–water partition coefficient (Wildman–Crippen LogP) is 6.48. The van der Waals surface area contributed by atoms with Gasteiger partial charge in [0.25, 0.3) is 0 Å².